The molecule has 1 heterocycles. The summed E-state index contributed by atoms with van der Waals surface area (Å²) in [6.07, 6.45) is 12.5. The third-order valence-electron chi connectivity index (χ3n) is 10.8. The largest absolute Gasteiger partial charge is 0.462 e. The number of carbonyl (C=O) groups is 2. The van der Waals surface area contributed by atoms with Crippen molar-refractivity contribution in [3.05, 3.63) is 18.0 Å². The monoisotopic (exact) mass is 468 g/mol. The summed E-state index contributed by atoms with van der Waals surface area (Å²) in [5.41, 5.74) is 0.0531. The summed E-state index contributed by atoms with van der Waals surface area (Å²) in [7, 11) is 0. The minimum atomic E-state index is -0.469. The molecule has 6 heteroatoms. The second-order valence-corrected chi connectivity index (χ2v) is 12.8. The van der Waals surface area contributed by atoms with Crippen molar-refractivity contribution in [1.82, 2.24) is 9.78 Å². The normalized spacial score (nSPS) is 46.6. The fourth-order valence-corrected chi connectivity index (χ4v) is 9.68. The average molecular weight is 469 g/mol. The highest BCUT2D eigenvalue weighted by Crippen LogP contribution is 2.74. The molecular weight excluding hydrogens is 428 g/mol. The van der Waals surface area contributed by atoms with Crippen LogP contribution in [0.15, 0.2) is 12.4 Å². The molecule has 0 bridgehead atoms. The van der Waals surface area contributed by atoms with Crippen molar-refractivity contribution < 1.29 is 19.4 Å². The first kappa shape index (κ1) is 22.8. The van der Waals surface area contributed by atoms with E-state index in [1.165, 1.54) is 38.3 Å². The maximum Gasteiger partial charge on any atom is 0.341 e. The maximum atomic E-state index is 13.7. The first-order chi connectivity index (χ1) is 16.2. The second kappa shape index (κ2) is 7.91. The van der Waals surface area contributed by atoms with Gasteiger partial charge in [0.25, 0.3) is 0 Å². The minimum absolute atomic E-state index is 0.107. The Morgan fingerprint density at radius 3 is 2.68 bits per heavy atom. The first-order valence-electron chi connectivity index (χ1n) is 13.7. The zero-order chi connectivity index (χ0) is 23.8. The summed E-state index contributed by atoms with van der Waals surface area (Å²) in [6.45, 7) is 6.83. The Morgan fingerprint density at radius 1 is 1.09 bits per heavy atom. The highest BCUT2D eigenvalue weighted by molar-refractivity contribution is 5.89. The molecule has 5 aliphatic carbocycles. The SMILES string of the molecule is CCOC(=O)c1cnn(CC(=O)[C@H]2[C@H]3C[C@H]3C3[C@@H]4CC[C@@H]5C[C@](C)(O)CC[C@@H]5C4CC[C@@]32C)c1. The number of aliphatic hydroxyl groups is 1. The van der Waals surface area contributed by atoms with E-state index in [2.05, 4.69) is 12.0 Å². The molecule has 186 valence electrons. The van der Waals surface area contributed by atoms with Crippen LogP contribution in [0.1, 0.15) is 82.5 Å². The van der Waals surface area contributed by atoms with Gasteiger partial charge >= 0.3 is 5.97 Å². The Labute approximate surface area is 202 Å². The molecule has 0 spiro atoms. The number of ketones is 1. The van der Waals surface area contributed by atoms with Crippen LogP contribution in [-0.2, 0) is 16.1 Å². The van der Waals surface area contributed by atoms with Crippen LogP contribution in [0.25, 0.3) is 0 Å². The molecule has 2 unspecified atom stereocenters. The van der Waals surface area contributed by atoms with Crippen LogP contribution in [0, 0.1) is 52.8 Å². The molecule has 0 aliphatic heterocycles. The lowest BCUT2D eigenvalue weighted by Gasteiger charge is -2.57. The van der Waals surface area contributed by atoms with E-state index in [0.29, 0.717) is 35.7 Å². The standard InChI is InChI=1S/C28H40N2O4/c1-4-34-26(32)17-13-29-30(14-17)15-23(31)25-22-11-21(22)24-20-6-5-16-12-27(2,33)9-7-18(16)19(20)8-10-28(24,25)3/h13-14,16,18-22,24-25,33H,4-12,15H2,1-3H3/t16-,18+,19?,20-,21-,22+,24?,25-,27-,28+/m1/s1. The molecule has 0 saturated heterocycles. The number of ether oxygens (including phenoxy) is 1. The van der Waals surface area contributed by atoms with Crippen LogP contribution in [0.5, 0.6) is 0 Å². The van der Waals surface area contributed by atoms with Crippen molar-refractivity contribution in [1.29, 1.82) is 0 Å². The fraction of sp³-hybridized carbons (Fsp3) is 0.821. The Morgan fingerprint density at radius 2 is 1.88 bits per heavy atom. The zero-order valence-electron chi connectivity index (χ0n) is 20.9. The van der Waals surface area contributed by atoms with Gasteiger partial charge in [-0.15, -0.1) is 0 Å². The number of carbonyl (C=O) groups excluding carboxylic acids is 2. The van der Waals surface area contributed by atoms with E-state index >= 15 is 0 Å². The zero-order valence-corrected chi connectivity index (χ0v) is 20.9. The minimum Gasteiger partial charge on any atom is -0.462 e. The van der Waals surface area contributed by atoms with Crippen LogP contribution in [0.2, 0.25) is 0 Å². The number of esters is 1. The van der Waals surface area contributed by atoms with Crippen molar-refractivity contribution in [3.63, 3.8) is 0 Å². The highest BCUT2D eigenvalue weighted by atomic mass is 16.5. The summed E-state index contributed by atoms with van der Waals surface area (Å²) in [5.74, 6) is 5.03. The summed E-state index contributed by atoms with van der Waals surface area (Å²) in [6, 6.07) is 0. The van der Waals surface area contributed by atoms with Gasteiger partial charge in [-0.3, -0.25) is 9.48 Å². The maximum absolute atomic E-state index is 13.7. The van der Waals surface area contributed by atoms with Crippen LogP contribution in [0.4, 0.5) is 0 Å². The van der Waals surface area contributed by atoms with Crippen molar-refractivity contribution in [3.8, 4) is 0 Å². The molecule has 0 aromatic carbocycles. The number of Topliss-reactive ketones (excluding diaryl/α,β-unsaturated/α-hetero) is 1. The summed E-state index contributed by atoms with van der Waals surface area (Å²) >= 11 is 0. The Kier molecular flexibility index (Phi) is 5.29. The number of aromatic nitrogens is 2. The smallest absolute Gasteiger partial charge is 0.341 e. The molecule has 0 amide bonds. The molecule has 6 rings (SSSR count). The van der Waals surface area contributed by atoms with Crippen molar-refractivity contribution in [2.75, 3.05) is 6.61 Å². The van der Waals surface area contributed by atoms with Crippen molar-refractivity contribution >= 4 is 11.8 Å². The van der Waals surface area contributed by atoms with Gasteiger partial charge in [0, 0.05) is 12.1 Å². The fourth-order valence-electron chi connectivity index (χ4n) is 9.68. The third kappa shape index (κ3) is 3.50. The number of rotatable bonds is 5. The molecule has 0 radical (unpaired) electrons. The van der Waals surface area contributed by atoms with E-state index in [0.717, 1.165) is 42.9 Å². The summed E-state index contributed by atoms with van der Waals surface area (Å²) in [4.78, 5) is 25.7. The first-order valence-corrected chi connectivity index (χ1v) is 13.7. The quantitative estimate of drug-likeness (QED) is 0.643. The molecule has 1 aromatic heterocycles. The average Bonchev–Trinajstić information content (AvgIpc) is 3.27. The van der Waals surface area contributed by atoms with E-state index in [1.54, 1.807) is 17.8 Å². The van der Waals surface area contributed by atoms with Crippen LogP contribution in [-0.4, -0.2) is 38.8 Å². The van der Waals surface area contributed by atoms with E-state index in [9.17, 15) is 14.7 Å². The van der Waals surface area contributed by atoms with Gasteiger partial charge in [0.05, 0.1) is 30.5 Å². The lowest BCUT2D eigenvalue weighted by Crippen LogP contribution is -2.52. The Hall–Kier alpha value is -1.69. The van der Waals surface area contributed by atoms with Crippen molar-refractivity contribution in [2.24, 2.45) is 52.8 Å². The van der Waals surface area contributed by atoms with Gasteiger partial charge in [0.1, 0.15) is 0 Å². The van der Waals surface area contributed by atoms with Gasteiger partial charge in [-0.25, -0.2) is 4.79 Å². The van der Waals surface area contributed by atoms with Crippen LogP contribution in [0.3, 0.4) is 0 Å². The summed E-state index contributed by atoms with van der Waals surface area (Å²) < 4.78 is 6.70. The van der Waals surface area contributed by atoms with Crippen LogP contribution >= 0.6 is 0 Å². The van der Waals surface area contributed by atoms with Gasteiger partial charge < -0.3 is 9.84 Å². The molecule has 5 fully saturated rings. The molecule has 5 aliphatic rings. The lowest BCUT2D eigenvalue weighted by molar-refractivity contribution is -0.136. The van der Waals surface area contributed by atoms with Crippen LogP contribution < -0.4 is 0 Å². The second-order valence-electron chi connectivity index (χ2n) is 12.8. The third-order valence-corrected chi connectivity index (χ3v) is 10.8. The predicted molar refractivity (Wildman–Crippen MR) is 127 cm³/mol. The molecule has 1 N–H and O–H groups in total. The van der Waals surface area contributed by atoms with E-state index in [1.807, 2.05) is 6.92 Å². The molecule has 1 aromatic rings. The molecule has 34 heavy (non-hydrogen) atoms. The molecular formula is C28H40N2O4. The van der Waals surface area contributed by atoms with Gasteiger partial charge in [-0.2, -0.15) is 5.10 Å². The number of hydrogen-bond donors (Lipinski definition) is 1. The summed E-state index contributed by atoms with van der Waals surface area (Å²) in [5, 5.41) is 14.9. The predicted octanol–water partition coefficient (Wildman–Crippen LogP) is 4.50. The molecule has 6 nitrogen and oxygen atoms in total. The number of fused-ring (bicyclic) bond motifs is 7. The van der Waals surface area contributed by atoms with E-state index < -0.39 is 5.60 Å². The van der Waals surface area contributed by atoms with Crippen molar-refractivity contribution in [2.45, 2.75) is 84.3 Å². The van der Waals surface area contributed by atoms with Gasteiger partial charge in [-0.1, -0.05) is 6.92 Å². The molecule has 5 saturated carbocycles. The van der Waals surface area contributed by atoms with E-state index in [-0.39, 0.29) is 23.8 Å². The molecule has 10 atom stereocenters. The van der Waals surface area contributed by atoms with E-state index in [4.69, 9.17) is 4.74 Å². The van der Waals surface area contributed by atoms with Gasteiger partial charge in [0.15, 0.2) is 5.78 Å². The van der Waals surface area contributed by atoms with Gasteiger partial charge in [0.2, 0.25) is 0 Å². The highest BCUT2D eigenvalue weighted by Gasteiger charge is 2.70. The Balaban J connectivity index is 1.18. The number of nitrogens with zero attached hydrogens (tertiary/aromatic N) is 2. The number of hydrogen-bond acceptors (Lipinski definition) is 5. The Bertz CT molecular complexity index is 985. The lowest BCUT2D eigenvalue weighted by atomic mass is 9.48. The topological polar surface area (TPSA) is 81.4 Å². The van der Waals surface area contributed by atoms with Gasteiger partial charge in [-0.05, 0) is 112 Å².